The van der Waals surface area contributed by atoms with Crippen LogP contribution in [0.5, 0.6) is 11.5 Å². The van der Waals surface area contributed by atoms with E-state index in [4.69, 9.17) is 9.47 Å². The number of amides is 1. The Bertz CT molecular complexity index is 1310. The molecule has 2 aromatic carbocycles. The van der Waals surface area contributed by atoms with Crippen LogP contribution in [0, 0.1) is 6.92 Å². The number of hydrogen-bond acceptors (Lipinski definition) is 6. The summed E-state index contributed by atoms with van der Waals surface area (Å²) in [5.74, 6) is 0.670. The summed E-state index contributed by atoms with van der Waals surface area (Å²) in [4.78, 5) is 15.2. The van der Waals surface area contributed by atoms with Gasteiger partial charge in [0.15, 0.2) is 11.5 Å². The van der Waals surface area contributed by atoms with E-state index in [1.54, 1.807) is 21.8 Å². The fourth-order valence-corrected chi connectivity index (χ4v) is 5.67. The Kier molecular flexibility index (Phi) is 7.13. The minimum Gasteiger partial charge on any atom is -0.493 e. The molecule has 1 fully saturated rings. The number of benzene rings is 2. The molecule has 1 saturated heterocycles. The Balaban J connectivity index is 1.49. The summed E-state index contributed by atoms with van der Waals surface area (Å²) in [5, 5.41) is 4.47. The van der Waals surface area contributed by atoms with Gasteiger partial charge in [-0.15, -0.1) is 0 Å². The topological polar surface area (TPSA) is 94.0 Å². The van der Waals surface area contributed by atoms with Crippen molar-refractivity contribution in [2.24, 2.45) is 0 Å². The Labute approximate surface area is 205 Å². The quantitative estimate of drug-likeness (QED) is 0.497. The maximum absolute atomic E-state index is 13.3. The lowest BCUT2D eigenvalue weighted by atomic mass is 10.1. The van der Waals surface area contributed by atoms with E-state index in [9.17, 15) is 13.2 Å². The zero-order chi connectivity index (χ0) is 25.2. The number of carbonyl (C=O) groups is 1. The fraction of sp³-hybridized carbons (Fsp3) is 0.360. The van der Waals surface area contributed by atoms with E-state index in [0.29, 0.717) is 36.6 Å². The third-order valence-corrected chi connectivity index (χ3v) is 8.13. The number of aryl methyl sites for hydroxylation is 1. The van der Waals surface area contributed by atoms with Crippen LogP contribution < -0.4 is 9.47 Å². The van der Waals surface area contributed by atoms with Crippen molar-refractivity contribution in [2.45, 2.75) is 25.2 Å². The first-order valence-corrected chi connectivity index (χ1v) is 12.9. The maximum atomic E-state index is 13.3. The number of piperazine rings is 1. The smallest absolute Gasteiger partial charge is 0.257 e. The van der Waals surface area contributed by atoms with Crippen molar-refractivity contribution < 1.29 is 22.7 Å². The maximum Gasteiger partial charge on any atom is 0.257 e. The predicted molar refractivity (Wildman–Crippen MR) is 132 cm³/mol. The molecule has 4 rings (SSSR count). The summed E-state index contributed by atoms with van der Waals surface area (Å²) >= 11 is 0. The Morgan fingerprint density at radius 2 is 1.63 bits per heavy atom. The normalized spacial score (nSPS) is 14.7. The molecule has 0 N–H and O–H groups in total. The van der Waals surface area contributed by atoms with Crippen LogP contribution in [0.2, 0.25) is 0 Å². The molecule has 0 unspecified atom stereocenters. The Morgan fingerprint density at radius 1 is 0.971 bits per heavy atom. The Morgan fingerprint density at radius 3 is 2.23 bits per heavy atom. The summed E-state index contributed by atoms with van der Waals surface area (Å²) < 4.78 is 40.0. The van der Waals surface area contributed by atoms with Gasteiger partial charge in [0.2, 0.25) is 10.0 Å². The third-order valence-electron chi connectivity index (χ3n) is 6.23. The number of rotatable bonds is 7. The summed E-state index contributed by atoms with van der Waals surface area (Å²) in [7, 11) is -0.779. The fourth-order valence-electron chi connectivity index (χ4n) is 4.23. The number of carbonyl (C=O) groups excluding carboxylic acids is 1. The van der Waals surface area contributed by atoms with Gasteiger partial charge >= 0.3 is 0 Å². The van der Waals surface area contributed by atoms with Crippen molar-refractivity contribution in [3.63, 3.8) is 0 Å². The van der Waals surface area contributed by atoms with E-state index in [-0.39, 0.29) is 23.9 Å². The van der Waals surface area contributed by atoms with Crippen molar-refractivity contribution in [1.82, 2.24) is 19.0 Å². The minimum absolute atomic E-state index is 0.127. The first-order valence-electron chi connectivity index (χ1n) is 11.5. The van der Waals surface area contributed by atoms with E-state index < -0.39 is 10.0 Å². The van der Waals surface area contributed by atoms with Gasteiger partial charge in [0.25, 0.3) is 5.91 Å². The van der Waals surface area contributed by atoms with Crippen LogP contribution in [-0.2, 0) is 16.4 Å². The van der Waals surface area contributed by atoms with Crippen molar-refractivity contribution in [2.75, 3.05) is 40.4 Å². The van der Waals surface area contributed by atoms with E-state index in [1.165, 1.54) is 30.7 Å². The highest BCUT2D eigenvalue weighted by Crippen LogP contribution is 2.31. The van der Waals surface area contributed by atoms with Gasteiger partial charge in [0, 0.05) is 32.2 Å². The third kappa shape index (κ3) is 4.76. The second-order valence-electron chi connectivity index (χ2n) is 8.32. The molecular formula is C25H30N4O5S. The molecule has 0 radical (unpaired) electrons. The molecule has 10 heteroatoms. The molecule has 1 aliphatic rings. The van der Waals surface area contributed by atoms with Crippen LogP contribution in [0.3, 0.4) is 0 Å². The zero-order valence-corrected chi connectivity index (χ0v) is 21.2. The molecule has 0 saturated carbocycles. The molecule has 35 heavy (non-hydrogen) atoms. The molecular weight excluding hydrogens is 468 g/mol. The highest BCUT2D eigenvalue weighted by atomic mass is 32.2. The molecule has 0 bridgehead atoms. The number of aromatic nitrogens is 2. The van der Waals surface area contributed by atoms with E-state index in [1.807, 2.05) is 38.1 Å². The second-order valence-corrected chi connectivity index (χ2v) is 10.3. The predicted octanol–water partition coefficient (Wildman–Crippen LogP) is 2.91. The van der Waals surface area contributed by atoms with Gasteiger partial charge in [-0.1, -0.05) is 24.6 Å². The highest BCUT2D eigenvalue weighted by molar-refractivity contribution is 7.89. The van der Waals surface area contributed by atoms with E-state index >= 15 is 0 Å². The standard InChI is InChI=1S/C25H30N4O5S/c1-5-22-21(17-26-29(22)19-8-6-18(2)7-9-19)25(30)27-12-14-28(15-13-27)35(31,32)20-10-11-23(33-3)24(16-20)34-4/h6-11,16-17H,5,12-15H2,1-4H3. The van der Waals surface area contributed by atoms with Crippen LogP contribution in [0.25, 0.3) is 5.69 Å². The molecule has 0 atom stereocenters. The van der Waals surface area contributed by atoms with Crippen molar-refractivity contribution in [3.05, 3.63) is 65.5 Å². The van der Waals surface area contributed by atoms with Gasteiger partial charge in [-0.2, -0.15) is 9.40 Å². The monoisotopic (exact) mass is 498 g/mol. The summed E-state index contributed by atoms with van der Waals surface area (Å²) in [6, 6.07) is 12.5. The van der Waals surface area contributed by atoms with Crippen LogP contribution in [0.1, 0.15) is 28.5 Å². The SMILES string of the molecule is CCc1c(C(=O)N2CCN(S(=O)(=O)c3ccc(OC)c(OC)c3)CC2)cnn1-c1ccc(C)cc1. The van der Waals surface area contributed by atoms with Gasteiger partial charge in [0.05, 0.1) is 42.3 Å². The molecule has 1 aliphatic heterocycles. The van der Waals surface area contributed by atoms with Gasteiger partial charge in [-0.25, -0.2) is 13.1 Å². The van der Waals surface area contributed by atoms with Gasteiger partial charge < -0.3 is 14.4 Å². The number of methoxy groups -OCH3 is 2. The average molecular weight is 499 g/mol. The number of ether oxygens (including phenoxy) is 2. The molecule has 2 heterocycles. The molecule has 186 valence electrons. The Hall–Kier alpha value is -3.37. The lowest BCUT2D eigenvalue weighted by molar-refractivity contribution is 0.0696. The molecule has 1 amide bonds. The highest BCUT2D eigenvalue weighted by Gasteiger charge is 2.32. The van der Waals surface area contributed by atoms with Crippen molar-refractivity contribution in [1.29, 1.82) is 0 Å². The number of nitrogens with zero attached hydrogens (tertiary/aromatic N) is 4. The van der Waals surface area contributed by atoms with Crippen molar-refractivity contribution >= 4 is 15.9 Å². The molecule has 0 spiro atoms. The average Bonchev–Trinajstić information content (AvgIpc) is 3.32. The molecule has 0 aliphatic carbocycles. The van der Waals surface area contributed by atoms with Gasteiger partial charge in [0.1, 0.15) is 0 Å². The lowest BCUT2D eigenvalue weighted by Gasteiger charge is -2.34. The minimum atomic E-state index is -3.74. The summed E-state index contributed by atoms with van der Waals surface area (Å²) in [5.41, 5.74) is 3.43. The lowest BCUT2D eigenvalue weighted by Crippen LogP contribution is -2.50. The summed E-state index contributed by atoms with van der Waals surface area (Å²) in [6.45, 7) is 5.01. The number of sulfonamides is 1. The van der Waals surface area contributed by atoms with Gasteiger partial charge in [-0.05, 0) is 37.6 Å². The molecule has 1 aromatic heterocycles. The van der Waals surface area contributed by atoms with E-state index in [2.05, 4.69) is 5.10 Å². The molecule has 9 nitrogen and oxygen atoms in total. The van der Waals surface area contributed by atoms with Crippen LogP contribution in [-0.4, -0.2) is 73.7 Å². The largest absolute Gasteiger partial charge is 0.493 e. The number of hydrogen-bond donors (Lipinski definition) is 0. The zero-order valence-electron chi connectivity index (χ0n) is 20.4. The van der Waals surface area contributed by atoms with Crippen LogP contribution >= 0.6 is 0 Å². The molecule has 3 aromatic rings. The first kappa shape index (κ1) is 24.7. The second kappa shape index (κ2) is 10.1. The van der Waals surface area contributed by atoms with Crippen LogP contribution in [0.4, 0.5) is 0 Å². The van der Waals surface area contributed by atoms with Crippen molar-refractivity contribution in [3.8, 4) is 17.2 Å². The van der Waals surface area contributed by atoms with Crippen LogP contribution in [0.15, 0.2) is 53.6 Å². The van der Waals surface area contributed by atoms with Gasteiger partial charge in [-0.3, -0.25) is 4.79 Å². The van der Waals surface area contributed by atoms with E-state index in [0.717, 1.165) is 16.9 Å². The summed E-state index contributed by atoms with van der Waals surface area (Å²) in [6.07, 6.45) is 2.25. The first-order chi connectivity index (χ1) is 16.8.